The van der Waals surface area contributed by atoms with Gasteiger partial charge in [0.25, 0.3) is 0 Å². The van der Waals surface area contributed by atoms with Gasteiger partial charge in [0.15, 0.2) is 0 Å². The summed E-state index contributed by atoms with van der Waals surface area (Å²) >= 11 is 13.9. The van der Waals surface area contributed by atoms with Crippen LogP contribution in [0.2, 0.25) is 10.0 Å². The smallest absolute Gasteiger partial charge is 0.349 e. The van der Waals surface area contributed by atoms with Crippen LogP contribution < -0.4 is 0 Å². The molecule has 3 nitrogen and oxygen atoms in total. The number of hydrogen-bond acceptors (Lipinski definition) is 4. The first kappa shape index (κ1) is 22.4. The molecule has 0 aliphatic heterocycles. The van der Waals surface area contributed by atoms with E-state index in [4.69, 9.17) is 27.9 Å². The second-order valence-electron chi connectivity index (χ2n) is 6.62. The van der Waals surface area contributed by atoms with E-state index >= 15 is 0 Å². The van der Waals surface area contributed by atoms with Crippen LogP contribution in [-0.4, -0.2) is 12.1 Å². The zero-order valence-corrected chi connectivity index (χ0v) is 18.5. The lowest BCUT2D eigenvalue weighted by molar-refractivity contribution is -0.142. The molecule has 0 fully saturated rings. The summed E-state index contributed by atoms with van der Waals surface area (Å²) in [6.07, 6.45) is 1.30. The second-order valence-corrected chi connectivity index (χ2v) is 8.48. The van der Waals surface area contributed by atoms with Gasteiger partial charge in [0.1, 0.15) is 11.6 Å². The van der Waals surface area contributed by atoms with E-state index in [0.717, 1.165) is 27.1 Å². The molecule has 0 bridgehead atoms. The maximum Gasteiger partial charge on any atom is 0.349 e. The van der Waals surface area contributed by atoms with Crippen LogP contribution >= 0.6 is 35.0 Å². The summed E-state index contributed by atoms with van der Waals surface area (Å²) in [5.41, 5.74) is 4.00. The molecule has 0 aliphatic carbocycles. The van der Waals surface area contributed by atoms with Crippen molar-refractivity contribution in [1.82, 2.24) is 0 Å². The Morgan fingerprint density at radius 3 is 2.57 bits per heavy atom. The van der Waals surface area contributed by atoms with Gasteiger partial charge in [0.2, 0.25) is 0 Å². The predicted molar refractivity (Wildman–Crippen MR) is 117 cm³/mol. The molecule has 0 saturated carbocycles. The number of nitriles is 1. The van der Waals surface area contributed by atoms with E-state index in [1.54, 1.807) is 43.8 Å². The first-order valence-corrected chi connectivity index (χ1v) is 10.5. The Morgan fingerprint density at radius 2 is 1.93 bits per heavy atom. The highest BCUT2D eigenvalue weighted by Gasteiger charge is 2.14. The van der Waals surface area contributed by atoms with Gasteiger partial charge in [-0.25, -0.2) is 4.79 Å². The van der Waals surface area contributed by atoms with Gasteiger partial charge in [0.05, 0.1) is 11.1 Å². The summed E-state index contributed by atoms with van der Waals surface area (Å²) in [6.45, 7) is 7.49. The van der Waals surface area contributed by atoms with Crippen molar-refractivity contribution in [3.63, 3.8) is 0 Å². The Bertz CT molecular complexity index is 962. The quantitative estimate of drug-likeness (QED) is 0.218. The van der Waals surface area contributed by atoms with Gasteiger partial charge in [-0.15, -0.1) is 11.8 Å². The molecule has 0 saturated heterocycles. The Labute approximate surface area is 180 Å². The third-order valence-corrected chi connectivity index (χ3v) is 5.76. The lowest BCUT2D eigenvalue weighted by Crippen LogP contribution is -2.12. The van der Waals surface area contributed by atoms with Crippen LogP contribution in [0, 0.1) is 25.2 Å². The molecule has 0 heterocycles. The lowest BCUT2D eigenvalue weighted by Gasteiger charge is -2.12. The summed E-state index contributed by atoms with van der Waals surface area (Å²) in [5, 5.41) is 10.6. The van der Waals surface area contributed by atoms with E-state index < -0.39 is 5.97 Å². The van der Waals surface area contributed by atoms with Crippen molar-refractivity contribution in [2.24, 2.45) is 0 Å². The van der Waals surface area contributed by atoms with E-state index in [1.807, 2.05) is 38.1 Å². The minimum absolute atomic E-state index is 0.0165. The van der Waals surface area contributed by atoms with Crippen LogP contribution in [0.25, 0.3) is 6.08 Å². The van der Waals surface area contributed by atoms with Crippen LogP contribution in [0.1, 0.15) is 36.1 Å². The van der Waals surface area contributed by atoms with Gasteiger partial charge >= 0.3 is 5.97 Å². The van der Waals surface area contributed by atoms with E-state index in [9.17, 15) is 10.1 Å². The van der Waals surface area contributed by atoms with Crippen molar-refractivity contribution in [2.45, 2.75) is 44.4 Å². The maximum absolute atomic E-state index is 12.1. The maximum atomic E-state index is 12.1. The van der Waals surface area contributed by atoms with Gasteiger partial charge in [-0.1, -0.05) is 35.3 Å². The minimum atomic E-state index is -0.612. The topological polar surface area (TPSA) is 50.1 Å². The van der Waals surface area contributed by atoms with Crippen molar-refractivity contribution in [3.8, 4) is 6.07 Å². The Kier molecular flexibility index (Phi) is 8.00. The molecule has 0 atom stereocenters. The van der Waals surface area contributed by atoms with Gasteiger partial charge in [-0.2, -0.15) is 5.26 Å². The normalized spacial score (nSPS) is 11.4. The third-order valence-electron chi connectivity index (χ3n) is 3.98. The van der Waals surface area contributed by atoms with Gasteiger partial charge in [-0.05, 0) is 74.2 Å². The molecule has 2 aromatic rings. The number of ether oxygens (including phenoxy) is 1. The number of esters is 1. The monoisotopic (exact) mass is 433 g/mol. The fourth-order valence-corrected chi connectivity index (χ4v) is 4.10. The number of hydrogen-bond donors (Lipinski definition) is 0. The number of thioether (sulfide) groups is 1. The highest BCUT2D eigenvalue weighted by Crippen LogP contribution is 2.33. The number of benzene rings is 2. The molecule has 0 spiro atoms. The number of nitrogens with zero attached hydrogens (tertiary/aromatic N) is 1. The van der Waals surface area contributed by atoms with E-state index in [0.29, 0.717) is 15.8 Å². The van der Waals surface area contributed by atoms with Crippen molar-refractivity contribution < 1.29 is 9.53 Å². The van der Waals surface area contributed by atoms with Crippen molar-refractivity contribution in [1.29, 1.82) is 5.26 Å². The number of rotatable bonds is 6. The summed E-state index contributed by atoms with van der Waals surface area (Å²) in [7, 11) is 0. The molecule has 0 radical (unpaired) electrons. The molecule has 0 amide bonds. The van der Waals surface area contributed by atoms with E-state index in [2.05, 4.69) is 0 Å². The standard InChI is InChI=1S/C22H21Cl2NO2S/c1-13(2)27-22(26)17(11-25)8-16-9-18(15(4)7-14(16)3)12-28-21-10-19(23)5-6-20(21)24/h5-10,13H,12H2,1-4H3/b17-8+. The molecule has 6 heteroatoms. The van der Waals surface area contributed by atoms with Crippen LogP contribution in [0.4, 0.5) is 0 Å². The highest BCUT2D eigenvalue weighted by atomic mass is 35.5. The summed E-state index contributed by atoms with van der Waals surface area (Å²) in [4.78, 5) is 13.0. The molecule has 2 rings (SSSR count). The molecular formula is C22H21Cl2NO2S. The fourth-order valence-electron chi connectivity index (χ4n) is 2.54. The first-order chi connectivity index (χ1) is 13.2. The fraction of sp³-hybridized carbons (Fsp3) is 0.273. The molecule has 2 aromatic carbocycles. The van der Waals surface area contributed by atoms with Gasteiger partial charge in [0, 0.05) is 15.7 Å². The number of carbonyl (C=O) groups excluding carboxylic acids is 1. The third kappa shape index (κ3) is 6.04. The van der Waals surface area contributed by atoms with E-state index in [-0.39, 0.29) is 11.7 Å². The average molecular weight is 434 g/mol. The Morgan fingerprint density at radius 1 is 1.21 bits per heavy atom. The molecule has 0 aliphatic rings. The van der Waals surface area contributed by atoms with Crippen LogP contribution in [-0.2, 0) is 15.3 Å². The van der Waals surface area contributed by atoms with Gasteiger partial charge < -0.3 is 4.74 Å². The number of carbonyl (C=O) groups is 1. The van der Waals surface area contributed by atoms with Gasteiger partial charge in [-0.3, -0.25) is 0 Å². The predicted octanol–water partition coefficient (Wildman–Crippen LogP) is 6.76. The molecular weight excluding hydrogens is 413 g/mol. The van der Waals surface area contributed by atoms with Crippen molar-refractivity contribution >= 4 is 47.0 Å². The zero-order chi connectivity index (χ0) is 20.8. The molecule has 0 N–H and O–H groups in total. The summed E-state index contributed by atoms with van der Waals surface area (Å²) < 4.78 is 5.14. The van der Waals surface area contributed by atoms with Crippen molar-refractivity contribution in [3.05, 3.63) is 68.2 Å². The molecule has 0 aromatic heterocycles. The molecule has 0 unspecified atom stereocenters. The highest BCUT2D eigenvalue weighted by molar-refractivity contribution is 7.98. The average Bonchev–Trinajstić information content (AvgIpc) is 2.62. The SMILES string of the molecule is Cc1cc(C)c(CSc2cc(Cl)ccc2Cl)cc1/C=C(\C#N)C(=O)OC(C)C. The summed E-state index contributed by atoms with van der Waals surface area (Å²) in [6, 6.07) is 11.4. The van der Waals surface area contributed by atoms with Crippen LogP contribution in [0.3, 0.4) is 0 Å². The van der Waals surface area contributed by atoms with Crippen LogP contribution in [0.5, 0.6) is 0 Å². The van der Waals surface area contributed by atoms with Crippen LogP contribution in [0.15, 0.2) is 40.8 Å². The molecule has 146 valence electrons. The minimum Gasteiger partial charge on any atom is -0.459 e. The van der Waals surface area contributed by atoms with E-state index in [1.165, 1.54) is 0 Å². The Balaban J connectivity index is 2.31. The second kappa shape index (κ2) is 10.0. The zero-order valence-electron chi connectivity index (χ0n) is 16.2. The molecule has 28 heavy (non-hydrogen) atoms. The number of aryl methyl sites for hydroxylation is 2. The lowest BCUT2D eigenvalue weighted by atomic mass is 9.99. The largest absolute Gasteiger partial charge is 0.459 e. The number of halogens is 2. The summed E-state index contributed by atoms with van der Waals surface area (Å²) in [5.74, 6) is 0.0739. The first-order valence-electron chi connectivity index (χ1n) is 8.72. The van der Waals surface area contributed by atoms with Crippen molar-refractivity contribution in [2.75, 3.05) is 0 Å². The Hall–Kier alpha value is -1.93.